The van der Waals surface area contributed by atoms with E-state index < -0.39 is 0 Å². The third-order valence-corrected chi connectivity index (χ3v) is 6.59. The predicted molar refractivity (Wildman–Crippen MR) is 97.9 cm³/mol. The van der Waals surface area contributed by atoms with Crippen molar-refractivity contribution in [3.63, 3.8) is 0 Å². The zero-order chi connectivity index (χ0) is 17.4. The van der Waals surface area contributed by atoms with Crippen LogP contribution in [0.4, 0.5) is 5.82 Å². The first kappa shape index (κ1) is 17.3. The minimum atomic E-state index is 0.408. The first-order valence-corrected chi connectivity index (χ1v) is 9.86. The van der Waals surface area contributed by atoms with Gasteiger partial charge in [-0.25, -0.2) is 0 Å². The minimum absolute atomic E-state index is 0.408. The third kappa shape index (κ3) is 2.88. The molecule has 3 aliphatic rings. The Morgan fingerprint density at radius 3 is 2.72 bits per heavy atom. The van der Waals surface area contributed by atoms with Crippen LogP contribution in [0.15, 0.2) is 0 Å². The Bertz CT molecular complexity index is 605. The first-order valence-electron chi connectivity index (χ1n) is 9.86. The lowest BCUT2D eigenvalue weighted by Gasteiger charge is -2.61. The van der Waals surface area contributed by atoms with Gasteiger partial charge in [0.05, 0.1) is 25.0 Å². The predicted octanol–water partition coefficient (Wildman–Crippen LogP) is 2.00. The van der Waals surface area contributed by atoms with Gasteiger partial charge >= 0.3 is 0 Å². The zero-order valence-corrected chi connectivity index (χ0v) is 15.9. The van der Waals surface area contributed by atoms with Crippen LogP contribution in [0.5, 0.6) is 0 Å². The van der Waals surface area contributed by atoms with E-state index in [1.54, 1.807) is 0 Å². The second-order valence-electron chi connectivity index (χ2n) is 7.81. The average molecular weight is 348 g/mol. The summed E-state index contributed by atoms with van der Waals surface area (Å²) in [5, 5.41) is 8.55. The number of hydrogen-bond acceptors (Lipinski definition) is 5. The van der Waals surface area contributed by atoms with Crippen molar-refractivity contribution < 1.29 is 9.47 Å². The summed E-state index contributed by atoms with van der Waals surface area (Å²) in [5.74, 6) is 1.26. The van der Waals surface area contributed by atoms with Crippen LogP contribution in [-0.4, -0.2) is 54.8 Å². The molecule has 0 amide bonds. The Morgan fingerprint density at radius 2 is 2.08 bits per heavy atom. The molecule has 6 nitrogen and oxygen atoms in total. The minimum Gasteiger partial charge on any atom is -0.378 e. The molecule has 2 atom stereocenters. The lowest BCUT2D eigenvalue weighted by molar-refractivity contribution is -0.173. The highest BCUT2D eigenvalue weighted by atomic mass is 16.5. The molecule has 4 rings (SSSR count). The van der Waals surface area contributed by atoms with E-state index in [2.05, 4.69) is 31.1 Å². The van der Waals surface area contributed by atoms with Crippen LogP contribution >= 0.6 is 0 Å². The van der Waals surface area contributed by atoms with Gasteiger partial charge in [-0.3, -0.25) is 4.68 Å². The van der Waals surface area contributed by atoms with Gasteiger partial charge in [0.1, 0.15) is 5.82 Å². The Hall–Kier alpha value is -1.11. The molecule has 0 radical (unpaired) electrons. The van der Waals surface area contributed by atoms with Crippen molar-refractivity contribution in [2.24, 2.45) is 12.5 Å². The number of nitrogens with one attached hydrogen (secondary N) is 1. The van der Waals surface area contributed by atoms with Crippen molar-refractivity contribution in [3.05, 3.63) is 11.3 Å². The van der Waals surface area contributed by atoms with Gasteiger partial charge < -0.3 is 19.7 Å². The highest BCUT2D eigenvalue weighted by Gasteiger charge is 2.58. The maximum Gasteiger partial charge on any atom is 0.131 e. The highest BCUT2D eigenvalue weighted by Crippen LogP contribution is 2.57. The quantitative estimate of drug-likeness (QED) is 0.852. The van der Waals surface area contributed by atoms with Crippen LogP contribution in [0.25, 0.3) is 0 Å². The van der Waals surface area contributed by atoms with Crippen molar-refractivity contribution in [2.45, 2.75) is 58.2 Å². The highest BCUT2D eigenvalue weighted by molar-refractivity contribution is 5.50. The number of morpholine rings is 1. The fraction of sp³-hybridized carbons (Fsp3) is 0.842. The van der Waals surface area contributed by atoms with E-state index in [1.807, 2.05) is 4.68 Å². The summed E-state index contributed by atoms with van der Waals surface area (Å²) in [6.45, 7) is 9.49. The largest absolute Gasteiger partial charge is 0.378 e. The number of anilines is 1. The standard InChI is InChI=1S/C19H32N4O2/c1-4-25-17-12-16(19(17)6-5-7-19)20-13-15-14(2)21-22(3)18(15)23-8-10-24-11-9-23/h16-17,20H,4-13H2,1-3H3/t16-,17-/m0/s1. The summed E-state index contributed by atoms with van der Waals surface area (Å²) in [5.41, 5.74) is 2.89. The van der Waals surface area contributed by atoms with E-state index in [1.165, 1.54) is 30.6 Å². The van der Waals surface area contributed by atoms with Gasteiger partial charge in [-0.1, -0.05) is 6.42 Å². The summed E-state index contributed by atoms with van der Waals surface area (Å²) < 4.78 is 13.5. The Morgan fingerprint density at radius 1 is 1.32 bits per heavy atom. The van der Waals surface area contributed by atoms with Crippen molar-refractivity contribution in [3.8, 4) is 0 Å². The fourth-order valence-corrected chi connectivity index (χ4v) is 5.02. The molecule has 25 heavy (non-hydrogen) atoms. The van der Waals surface area contributed by atoms with Gasteiger partial charge in [0.15, 0.2) is 0 Å². The fourth-order valence-electron chi connectivity index (χ4n) is 5.02. The maximum absolute atomic E-state index is 5.99. The zero-order valence-electron chi connectivity index (χ0n) is 15.9. The van der Waals surface area contributed by atoms with E-state index in [-0.39, 0.29) is 0 Å². The molecule has 1 saturated heterocycles. The Kier molecular flexibility index (Phi) is 4.77. The molecule has 0 unspecified atom stereocenters. The lowest BCUT2D eigenvalue weighted by Crippen LogP contribution is -2.66. The molecule has 0 bridgehead atoms. The van der Waals surface area contributed by atoms with Crippen molar-refractivity contribution >= 4 is 5.82 Å². The van der Waals surface area contributed by atoms with Crippen molar-refractivity contribution in [2.75, 3.05) is 37.8 Å². The van der Waals surface area contributed by atoms with Gasteiger partial charge in [-0.05, 0) is 33.1 Å². The van der Waals surface area contributed by atoms with Crippen LogP contribution in [0.3, 0.4) is 0 Å². The van der Waals surface area contributed by atoms with Gasteiger partial charge in [0.2, 0.25) is 0 Å². The summed E-state index contributed by atoms with van der Waals surface area (Å²) in [6, 6.07) is 0.593. The molecule has 3 fully saturated rings. The number of nitrogens with zero attached hydrogens (tertiary/aromatic N) is 3. The molecule has 1 spiro atoms. The van der Waals surface area contributed by atoms with Gasteiger partial charge in [0, 0.05) is 50.3 Å². The van der Waals surface area contributed by atoms with Crippen LogP contribution < -0.4 is 10.2 Å². The molecular weight excluding hydrogens is 316 g/mol. The molecule has 0 aromatic carbocycles. The maximum atomic E-state index is 5.99. The van der Waals surface area contributed by atoms with E-state index in [9.17, 15) is 0 Å². The lowest BCUT2D eigenvalue weighted by atomic mass is 9.51. The topological polar surface area (TPSA) is 51.5 Å². The van der Waals surface area contributed by atoms with E-state index in [4.69, 9.17) is 14.6 Å². The molecule has 140 valence electrons. The van der Waals surface area contributed by atoms with Crippen LogP contribution in [0, 0.1) is 12.3 Å². The normalized spacial score (nSPS) is 28.0. The summed E-state index contributed by atoms with van der Waals surface area (Å²) in [7, 11) is 2.06. The van der Waals surface area contributed by atoms with E-state index >= 15 is 0 Å². The second-order valence-corrected chi connectivity index (χ2v) is 7.81. The molecule has 1 N–H and O–H groups in total. The first-order chi connectivity index (χ1) is 12.2. The number of aromatic nitrogens is 2. The van der Waals surface area contributed by atoms with Gasteiger partial charge in [-0.2, -0.15) is 5.10 Å². The smallest absolute Gasteiger partial charge is 0.131 e. The Labute approximate surface area is 150 Å². The van der Waals surface area contributed by atoms with E-state index in [0.717, 1.165) is 51.6 Å². The molecule has 2 saturated carbocycles. The second kappa shape index (κ2) is 6.89. The number of ether oxygens (including phenoxy) is 2. The molecule has 1 aromatic rings. The molecule has 2 aliphatic carbocycles. The molecule has 6 heteroatoms. The SMILES string of the molecule is CCO[C@H]1C[C@H](NCc2c(C)nn(C)c2N2CCOCC2)C12CCC2. The van der Waals surface area contributed by atoms with Crippen molar-refractivity contribution in [1.29, 1.82) is 0 Å². The number of aryl methyl sites for hydroxylation is 2. The van der Waals surface area contributed by atoms with Crippen LogP contribution in [-0.2, 0) is 23.1 Å². The molecule has 2 heterocycles. The molecule has 1 aliphatic heterocycles. The van der Waals surface area contributed by atoms with Crippen LogP contribution in [0.1, 0.15) is 43.9 Å². The summed E-state index contributed by atoms with van der Waals surface area (Å²) in [4.78, 5) is 2.42. The van der Waals surface area contributed by atoms with Crippen LogP contribution in [0.2, 0.25) is 0 Å². The van der Waals surface area contributed by atoms with Crippen molar-refractivity contribution in [1.82, 2.24) is 15.1 Å². The number of hydrogen-bond donors (Lipinski definition) is 1. The molecular formula is C19H32N4O2. The third-order valence-electron chi connectivity index (χ3n) is 6.59. The van der Waals surface area contributed by atoms with E-state index in [0.29, 0.717) is 17.6 Å². The van der Waals surface area contributed by atoms with Gasteiger partial charge in [-0.15, -0.1) is 0 Å². The number of rotatable bonds is 6. The Balaban J connectivity index is 1.45. The monoisotopic (exact) mass is 348 g/mol. The summed E-state index contributed by atoms with van der Waals surface area (Å²) >= 11 is 0. The summed E-state index contributed by atoms with van der Waals surface area (Å²) in [6.07, 6.45) is 5.61. The average Bonchev–Trinajstić information content (AvgIpc) is 2.83. The van der Waals surface area contributed by atoms with Gasteiger partial charge in [0.25, 0.3) is 0 Å². The molecule has 1 aromatic heterocycles.